The van der Waals surface area contributed by atoms with Crippen LogP contribution in [-0.2, 0) is 6.42 Å². The molecular formula is C14H17N5OS. The Kier molecular flexibility index (Phi) is 4.10. The first-order valence-corrected chi connectivity index (χ1v) is 7.91. The van der Waals surface area contributed by atoms with Crippen LogP contribution in [0.1, 0.15) is 29.0 Å². The van der Waals surface area contributed by atoms with Crippen LogP contribution in [0.25, 0.3) is 0 Å². The van der Waals surface area contributed by atoms with E-state index in [2.05, 4.69) is 15.0 Å². The Labute approximate surface area is 127 Å². The minimum Gasteiger partial charge on any atom is -0.382 e. The van der Waals surface area contributed by atoms with Crippen molar-refractivity contribution in [2.45, 2.75) is 19.3 Å². The Bertz CT molecular complexity index is 616. The average molecular weight is 303 g/mol. The smallest absolute Gasteiger partial charge is 0.273 e. The number of piperidine rings is 1. The number of carbonyl (C=O) groups is 1. The molecule has 0 aliphatic carbocycles. The van der Waals surface area contributed by atoms with Crippen LogP contribution < -0.4 is 5.73 Å². The SMILES string of the molecule is Nc1nccnc1C[C@@H]1CCCN(C(=O)c2cscn2)C1. The van der Waals surface area contributed by atoms with Crippen molar-refractivity contribution in [3.8, 4) is 0 Å². The first-order valence-electron chi connectivity index (χ1n) is 6.97. The third-order valence-electron chi connectivity index (χ3n) is 3.75. The summed E-state index contributed by atoms with van der Waals surface area (Å²) in [5, 5.41) is 1.80. The summed E-state index contributed by atoms with van der Waals surface area (Å²) in [4.78, 5) is 26.7. The lowest BCUT2D eigenvalue weighted by Crippen LogP contribution is -2.40. The van der Waals surface area contributed by atoms with Crippen molar-refractivity contribution in [1.82, 2.24) is 19.9 Å². The highest BCUT2D eigenvalue weighted by Gasteiger charge is 2.26. The minimum absolute atomic E-state index is 0.0214. The number of carbonyl (C=O) groups excluding carboxylic acids is 1. The zero-order chi connectivity index (χ0) is 14.7. The first kappa shape index (κ1) is 13.9. The molecule has 1 aliphatic rings. The van der Waals surface area contributed by atoms with E-state index in [0.717, 1.165) is 38.0 Å². The monoisotopic (exact) mass is 303 g/mol. The van der Waals surface area contributed by atoms with Gasteiger partial charge in [-0.05, 0) is 25.2 Å². The molecule has 1 atom stereocenters. The number of hydrogen-bond donors (Lipinski definition) is 1. The Morgan fingerprint density at radius 1 is 1.38 bits per heavy atom. The van der Waals surface area contributed by atoms with Gasteiger partial charge in [0.2, 0.25) is 0 Å². The van der Waals surface area contributed by atoms with Crippen LogP contribution in [0, 0.1) is 5.92 Å². The molecule has 1 fully saturated rings. The van der Waals surface area contributed by atoms with Crippen molar-refractivity contribution in [3.05, 3.63) is 34.7 Å². The molecule has 0 bridgehead atoms. The van der Waals surface area contributed by atoms with E-state index in [1.807, 2.05) is 4.90 Å². The minimum atomic E-state index is 0.0214. The van der Waals surface area contributed by atoms with Gasteiger partial charge in [-0.2, -0.15) is 0 Å². The van der Waals surface area contributed by atoms with Gasteiger partial charge in [-0.1, -0.05) is 0 Å². The fraction of sp³-hybridized carbons (Fsp3) is 0.429. The Morgan fingerprint density at radius 3 is 3.00 bits per heavy atom. The summed E-state index contributed by atoms with van der Waals surface area (Å²) >= 11 is 1.44. The van der Waals surface area contributed by atoms with Crippen LogP contribution in [0.15, 0.2) is 23.3 Å². The highest BCUT2D eigenvalue weighted by atomic mass is 32.1. The van der Waals surface area contributed by atoms with Gasteiger partial charge in [0, 0.05) is 30.9 Å². The lowest BCUT2D eigenvalue weighted by atomic mass is 9.93. The van der Waals surface area contributed by atoms with E-state index in [-0.39, 0.29) is 5.91 Å². The molecule has 1 saturated heterocycles. The normalized spacial score (nSPS) is 18.7. The number of anilines is 1. The van der Waals surface area contributed by atoms with Crippen molar-refractivity contribution in [2.24, 2.45) is 5.92 Å². The molecule has 1 aliphatic heterocycles. The van der Waals surface area contributed by atoms with E-state index >= 15 is 0 Å². The van der Waals surface area contributed by atoms with Crippen molar-refractivity contribution in [3.63, 3.8) is 0 Å². The second-order valence-electron chi connectivity index (χ2n) is 5.23. The van der Waals surface area contributed by atoms with Crippen LogP contribution in [-0.4, -0.2) is 38.8 Å². The maximum atomic E-state index is 12.3. The Hall–Kier alpha value is -2.02. The van der Waals surface area contributed by atoms with E-state index in [9.17, 15) is 4.79 Å². The van der Waals surface area contributed by atoms with E-state index in [1.165, 1.54) is 11.3 Å². The lowest BCUT2D eigenvalue weighted by Gasteiger charge is -2.32. The largest absolute Gasteiger partial charge is 0.382 e. The zero-order valence-corrected chi connectivity index (χ0v) is 12.4. The molecule has 2 N–H and O–H groups in total. The molecule has 110 valence electrons. The predicted octanol–water partition coefficient (Wildman–Crippen LogP) is 1.61. The number of nitrogen functional groups attached to an aromatic ring is 1. The first-order chi connectivity index (χ1) is 10.2. The highest BCUT2D eigenvalue weighted by molar-refractivity contribution is 7.07. The Morgan fingerprint density at radius 2 is 2.24 bits per heavy atom. The molecule has 21 heavy (non-hydrogen) atoms. The number of rotatable bonds is 3. The molecule has 7 heteroatoms. The van der Waals surface area contributed by atoms with Gasteiger partial charge < -0.3 is 10.6 Å². The quantitative estimate of drug-likeness (QED) is 0.931. The summed E-state index contributed by atoms with van der Waals surface area (Å²) in [7, 11) is 0. The van der Waals surface area contributed by atoms with E-state index in [0.29, 0.717) is 17.4 Å². The molecular weight excluding hydrogens is 286 g/mol. The molecule has 6 nitrogen and oxygen atoms in total. The van der Waals surface area contributed by atoms with Gasteiger partial charge in [-0.15, -0.1) is 11.3 Å². The van der Waals surface area contributed by atoms with Crippen molar-refractivity contribution >= 4 is 23.1 Å². The third kappa shape index (κ3) is 3.18. The van der Waals surface area contributed by atoms with Gasteiger partial charge >= 0.3 is 0 Å². The lowest BCUT2D eigenvalue weighted by molar-refractivity contribution is 0.0668. The van der Waals surface area contributed by atoms with Crippen LogP contribution in [0.2, 0.25) is 0 Å². The number of thiazole rings is 1. The van der Waals surface area contributed by atoms with Gasteiger partial charge in [0.05, 0.1) is 11.2 Å². The fourth-order valence-corrected chi connectivity index (χ4v) is 3.23. The van der Waals surface area contributed by atoms with Crippen molar-refractivity contribution in [1.29, 1.82) is 0 Å². The molecule has 3 heterocycles. The van der Waals surface area contributed by atoms with Gasteiger partial charge in [0.1, 0.15) is 11.5 Å². The van der Waals surface area contributed by atoms with Gasteiger partial charge in [-0.3, -0.25) is 9.78 Å². The third-order valence-corrected chi connectivity index (χ3v) is 4.33. The molecule has 0 aromatic carbocycles. The number of hydrogen-bond acceptors (Lipinski definition) is 6. The highest BCUT2D eigenvalue weighted by Crippen LogP contribution is 2.22. The molecule has 0 saturated carbocycles. The molecule has 1 amide bonds. The summed E-state index contributed by atoms with van der Waals surface area (Å²) < 4.78 is 0. The second kappa shape index (κ2) is 6.17. The van der Waals surface area contributed by atoms with Crippen LogP contribution >= 0.6 is 11.3 Å². The molecule has 0 unspecified atom stereocenters. The molecule has 3 rings (SSSR count). The van der Waals surface area contributed by atoms with Gasteiger partial charge in [0.15, 0.2) is 0 Å². The van der Waals surface area contributed by atoms with Crippen LogP contribution in [0.4, 0.5) is 5.82 Å². The zero-order valence-electron chi connectivity index (χ0n) is 11.6. The van der Waals surface area contributed by atoms with Crippen molar-refractivity contribution in [2.75, 3.05) is 18.8 Å². The van der Waals surface area contributed by atoms with E-state index in [1.54, 1.807) is 23.3 Å². The molecule has 0 radical (unpaired) electrons. The summed E-state index contributed by atoms with van der Waals surface area (Å²) in [6.45, 7) is 1.52. The summed E-state index contributed by atoms with van der Waals surface area (Å²) in [5.41, 5.74) is 8.90. The molecule has 2 aromatic heterocycles. The predicted molar refractivity (Wildman–Crippen MR) is 80.9 cm³/mol. The Balaban J connectivity index is 1.66. The number of amides is 1. The standard InChI is InChI=1S/C14H17N5OS/c15-13-11(16-3-4-17-13)6-10-2-1-5-19(7-10)14(20)12-8-21-9-18-12/h3-4,8-10H,1-2,5-7H2,(H2,15,17)/t10-/m0/s1. The van der Waals surface area contributed by atoms with Gasteiger partial charge in [-0.25, -0.2) is 9.97 Å². The summed E-state index contributed by atoms with van der Waals surface area (Å²) in [5.74, 6) is 0.883. The van der Waals surface area contributed by atoms with E-state index in [4.69, 9.17) is 5.73 Å². The van der Waals surface area contributed by atoms with Crippen molar-refractivity contribution < 1.29 is 4.79 Å². The maximum absolute atomic E-state index is 12.3. The molecule has 2 aromatic rings. The summed E-state index contributed by atoms with van der Waals surface area (Å²) in [6, 6.07) is 0. The number of nitrogens with two attached hydrogens (primary N) is 1. The summed E-state index contributed by atoms with van der Waals surface area (Å²) in [6.07, 6.45) is 6.10. The number of nitrogens with zero attached hydrogens (tertiary/aromatic N) is 4. The van der Waals surface area contributed by atoms with Gasteiger partial charge in [0.25, 0.3) is 5.91 Å². The van der Waals surface area contributed by atoms with Crippen LogP contribution in [0.5, 0.6) is 0 Å². The molecule has 0 spiro atoms. The number of aromatic nitrogens is 3. The topological polar surface area (TPSA) is 85.0 Å². The maximum Gasteiger partial charge on any atom is 0.273 e. The average Bonchev–Trinajstić information content (AvgIpc) is 3.03. The van der Waals surface area contributed by atoms with E-state index < -0.39 is 0 Å². The second-order valence-corrected chi connectivity index (χ2v) is 5.94. The van der Waals surface area contributed by atoms with Crippen LogP contribution in [0.3, 0.4) is 0 Å². The number of likely N-dealkylation sites (tertiary alicyclic amines) is 1. The fourth-order valence-electron chi connectivity index (χ4n) is 2.70.